The van der Waals surface area contributed by atoms with Gasteiger partial charge in [-0.15, -0.1) is 0 Å². The Hall–Kier alpha value is -2.13. The van der Waals surface area contributed by atoms with Gasteiger partial charge in [0.25, 0.3) is 0 Å². The minimum absolute atomic E-state index is 0.211. The van der Waals surface area contributed by atoms with Crippen LogP contribution < -0.4 is 11.1 Å². The van der Waals surface area contributed by atoms with Gasteiger partial charge in [-0.2, -0.15) is 0 Å². The molecule has 0 heterocycles. The van der Waals surface area contributed by atoms with Crippen LogP contribution >= 0.6 is 0 Å². The fraction of sp³-hybridized carbons (Fsp3) is 0.278. The van der Waals surface area contributed by atoms with Crippen molar-refractivity contribution in [2.45, 2.75) is 31.8 Å². The van der Waals surface area contributed by atoms with Crippen LogP contribution in [0.15, 0.2) is 60.7 Å². The lowest BCUT2D eigenvalue weighted by molar-refractivity contribution is -0.120. The first-order chi connectivity index (χ1) is 10.2. The van der Waals surface area contributed by atoms with Crippen LogP contribution in [-0.2, 0) is 11.2 Å². The van der Waals surface area contributed by atoms with Crippen LogP contribution in [0.4, 0.5) is 0 Å². The number of hydrogen-bond donors (Lipinski definition) is 2. The second-order valence-corrected chi connectivity index (χ2v) is 5.34. The van der Waals surface area contributed by atoms with E-state index < -0.39 is 6.04 Å². The lowest BCUT2D eigenvalue weighted by atomic mass is 10.0. The van der Waals surface area contributed by atoms with Crippen LogP contribution in [-0.4, -0.2) is 11.9 Å². The predicted molar refractivity (Wildman–Crippen MR) is 85.7 cm³/mol. The van der Waals surface area contributed by atoms with Crippen molar-refractivity contribution in [1.82, 2.24) is 5.32 Å². The van der Waals surface area contributed by atoms with Gasteiger partial charge in [0.15, 0.2) is 0 Å². The van der Waals surface area contributed by atoms with Crippen LogP contribution in [0.2, 0.25) is 0 Å². The van der Waals surface area contributed by atoms with Gasteiger partial charge in [-0.05, 0) is 30.9 Å². The smallest absolute Gasteiger partial charge is 0.239 e. The molecular weight excluding hydrogens is 260 g/mol. The summed E-state index contributed by atoms with van der Waals surface area (Å²) < 4.78 is 0. The zero-order chi connectivity index (χ0) is 15.1. The Morgan fingerprint density at radius 3 is 2.19 bits per heavy atom. The third-order valence-corrected chi connectivity index (χ3v) is 3.58. The van der Waals surface area contributed by atoms with E-state index in [0.29, 0.717) is 0 Å². The van der Waals surface area contributed by atoms with E-state index in [4.69, 9.17) is 5.73 Å². The molecule has 3 heteroatoms. The molecule has 0 spiro atoms. The van der Waals surface area contributed by atoms with Gasteiger partial charge in [-0.1, -0.05) is 60.7 Å². The number of primary amides is 1. The largest absolute Gasteiger partial charge is 0.368 e. The Balaban J connectivity index is 1.93. The molecule has 0 bridgehead atoms. The summed E-state index contributed by atoms with van der Waals surface area (Å²) in [6, 6.07) is 19.7. The van der Waals surface area contributed by atoms with Crippen LogP contribution in [0.1, 0.15) is 30.5 Å². The van der Waals surface area contributed by atoms with E-state index in [-0.39, 0.29) is 11.9 Å². The first-order valence-corrected chi connectivity index (χ1v) is 7.31. The Kier molecular flexibility index (Phi) is 5.52. The highest BCUT2D eigenvalue weighted by Crippen LogP contribution is 2.14. The van der Waals surface area contributed by atoms with Gasteiger partial charge >= 0.3 is 0 Å². The van der Waals surface area contributed by atoms with Crippen molar-refractivity contribution >= 4 is 5.91 Å². The first kappa shape index (κ1) is 15.3. The van der Waals surface area contributed by atoms with E-state index in [9.17, 15) is 4.79 Å². The van der Waals surface area contributed by atoms with E-state index in [1.807, 2.05) is 48.5 Å². The van der Waals surface area contributed by atoms with Crippen molar-refractivity contribution in [2.75, 3.05) is 0 Å². The summed E-state index contributed by atoms with van der Waals surface area (Å²) in [6.07, 6.45) is 1.94. The topological polar surface area (TPSA) is 55.1 Å². The molecule has 0 unspecified atom stereocenters. The van der Waals surface area contributed by atoms with Gasteiger partial charge < -0.3 is 5.73 Å². The molecule has 0 aliphatic carbocycles. The lowest BCUT2D eigenvalue weighted by Gasteiger charge is -2.21. The summed E-state index contributed by atoms with van der Waals surface area (Å²) in [7, 11) is 0. The molecule has 2 rings (SSSR count). The van der Waals surface area contributed by atoms with E-state index >= 15 is 0 Å². The predicted octanol–water partition coefficient (Wildman–Crippen LogP) is 2.82. The molecule has 2 aromatic carbocycles. The molecule has 3 N–H and O–H groups in total. The molecule has 0 aliphatic rings. The van der Waals surface area contributed by atoms with Gasteiger partial charge in [0.1, 0.15) is 6.04 Å². The Morgan fingerprint density at radius 1 is 1.05 bits per heavy atom. The molecule has 1 amide bonds. The molecule has 0 fully saturated rings. The quantitative estimate of drug-likeness (QED) is 0.820. The van der Waals surface area contributed by atoms with Gasteiger partial charge in [-0.3, -0.25) is 10.1 Å². The molecule has 0 radical (unpaired) electrons. The van der Waals surface area contributed by atoms with Crippen molar-refractivity contribution in [2.24, 2.45) is 5.73 Å². The van der Waals surface area contributed by atoms with E-state index in [1.165, 1.54) is 5.56 Å². The van der Waals surface area contributed by atoms with Gasteiger partial charge in [-0.25, -0.2) is 0 Å². The summed E-state index contributed by atoms with van der Waals surface area (Å²) in [6.45, 7) is 2.09. The number of aryl methyl sites for hydroxylation is 1. The van der Waals surface area contributed by atoms with Crippen LogP contribution in [0.5, 0.6) is 0 Å². The molecule has 0 saturated heterocycles. The maximum absolute atomic E-state index is 11.7. The zero-order valence-electron chi connectivity index (χ0n) is 12.3. The highest BCUT2D eigenvalue weighted by molar-refractivity contribution is 5.81. The maximum Gasteiger partial charge on any atom is 0.239 e. The Labute approximate surface area is 126 Å². The summed E-state index contributed by atoms with van der Waals surface area (Å²) in [5.41, 5.74) is 7.74. The van der Waals surface area contributed by atoms with Crippen molar-refractivity contribution < 1.29 is 4.79 Å². The molecule has 0 saturated carbocycles. The third kappa shape index (κ3) is 4.72. The molecule has 2 aromatic rings. The van der Waals surface area contributed by atoms with Crippen molar-refractivity contribution in [3.63, 3.8) is 0 Å². The number of rotatable bonds is 7. The van der Waals surface area contributed by atoms with Gasteiger partial charge in [0.05, 0.1) is 0 Å². The average molecular weight is 282 g/mol. The second-order valence-electron chi connectivity index (χ2n) is 5.34. The summed E-state index contributed by atoms with van der Waals surface area (Å²) in [5, 5.41) is 3.33. The van der Waals surface area contributed by atoms with Crippen LogP contribution in [0, 0.1) is 0 Å². The molecule has 3 nitrogen and oxygen atoms in total. The number of hydrogen-bond acceptors (Lipinski definition) is 2. The SMILES string of the molecule is C[C@@H](CCc1ccccc1)N[C@H](C(N)=O)c1ccccc1. The van der Waals surface area contributed by atoms with Crippen LogP contribution in [0.25, 0.3) is 0 Å². The van der Waals surface area contributed by atoms with E-state index in [2.05, 4.69) is 24.4 Å². The fourth-order valence-corrected chi connectivity index (χ4v) is 2.38. The fourth-order valence-electron chi connectivity index (χ4n) is 2.38. The van der Waals surface area contributed by atoms with Gasteiger partial charge in [0.2, 0.25) is 5.91 Å². The Bertz CT molecular complexity index is 554. The van der Waals surface area contributed by atoms with Crippen molar-refractivity contribution in [3.8, 4) is 0 Å². The Morgan fingerprint density at radius 2 is 1.62 bits per heavy atom. The first-order valence-electron chi connectivity index (χ1n) is 7.31. The van der Waals surface area contributed by atoms with Crippen molar-refractivity contribution in [3.05, 3.63) is 71.8 Å². The molecule has 21 heavy (non-hydrogen) atoms. The molecular formula is C18H22N2O. The molecule has 0 aliphatic heterocycles. The summed E-state index contributed by atoms with van der Waals surface area (Å²) >= 11 is 0. The number of amides is 1. The number of nitrogens with two attached hydrogens (primary N) is 1. The number of carbonyl (C=O) groups is 1. The number of nitrogens with one attached hydrogen (secondary N) is 1. The van der Waals surface area contributed by atoms with Crippen molar-refractivity contribution in [1.29, 1.82) is 0 Å². The zero-order valence-corrected chi connectivity index (χ0v) is 12.3. The molecule has 2 atom stereocenters. The number of benzene rings is 2. The highest BCUT2D eigenvalue weighted by atomic mass is 16.1. The normalized spacial score (nSPS) is 13.6. The maximum atomic E-state index is 11.7. The third-order valence-electron chi connectivity index (χ3n) is 3.58. The molecule has 110 valence electrons. The monoisotopic (exact) mass is 282 g/mol. The second kappa shape index (κ2) is 7.60. The standard InChI is InChI=1S/C18H22N2O/c1-14(12-13-15-8-4-2-5-9-15)20-17(18(19)21)16-10-6-3-7-11-16/h2-11,14,17,20H,12-13H2,1H3,(H2,19,21)/t14-,17-/m0/s1. The average Bonchev–Trinajstić information content (AvgIpc) is 2.52. The van der Waals surface area contributed by atoms with E-state index in [0.717, 1.165) is 18.4 Å². The summed E-state index contributed by atoms with van der Waals surface area (Å²) in [5.74, 6) is -0.340. The minimum Gasteiger partial charge on any atom is -0.368 e. The summed E-state index contributed by atoms with van der Waals surface area (Å²) in [4.78, 5) is 11.7. The van der Waals surface area contributed by atoms with Gasteiger partial charge in [0, 0.05) is 6.04 Å². The van der Waals surface area contributed by atoms with Crippen LogP contribution in [0.3, 0.4) is 0 Å². The molecule has 0 aromatic heterocycles. The lowest BCUT2D eigenvalue weighted by Crippen LogP contribution is -2.38. The highest BCUT2D eigenvalue weighted by Gasteiger charge is 2.19. The van der Waals surface area contributed by atoms with E-state index in [1.54, 1.807) is 0 Å². The number of carbonyl (C=O) groups excluding carboxylic acids is 1. The minimum atomic E-state index is -0.433.